The quantitative estimate of drug-likeness (QED) is 0.319. The number of allylic oxidation sites excluding steroid dienone is 1. The average Bonchev–Trinajstić information content (AvgIpc) is 3.41. The zero-order valence-electron chi connectivity index (χ0n) is 23.7. The minimum absolute atomic E-state index is 0.0357. The van der Waals surface area contributed by atoms with E-state index < -0.39 is 0 Å². The number of rotatable bonds is 10. The molecule has 2 fully saturated rings. The highest BCUT2D eigenvalue weighted by Crippen LogP contribution is 2.46. The SMILES string of the molecule is CC(CC1CCCC(Cc2ncnc3c2C=CCC3)CCC1)C(=O)C1(CCCc2ccccc2)CCCC1. The van der Waals surface area contributed by atoms with Crippen molar-refractivity contribution < 1.29 is 4.79 Å². The first-order valence-corrected chi connectivity index (χ1v) is 15.7. The van der Waals surface area contributed by atoms with Crippen molar-refractivity contribution in [3.63, 3.8) is 0 Å². The van der Waals surface area contributed by atoms with E-state index in [0.717, 1.165) is 63.7 Å². The molecule has 1 atom stereocenters. The molecule has 0 amide bonds. The molecule has 1 aromatic carbocycles. The van der Waals surface area contributed by atoms with Gasteiger partial charge in [0.2, 0.25) is 0 Å². The summed E-state index contributed by atoms with van der Waals surface area (Å²) in [7, 11) is 0. The van der Waals surface area contributed by atoms with Gasteiger partial charge in [0.05, 0.1) is 11.4 Å². The third kappa shape index (κ3) is 6.82. The van der Waals surface area contributed by atoms with Crippen molar-refractivity contribution in [1.82, 2.24) is 9.97 Å². The summed E-state index contributed by atoms with van der Waals surface area (Å²) in [4.78, 5) is 23.1. The van der Waals surface area contributed by atoms with Gasteiger partial charge >= 0.3 is 0 Å². The van der Waals surface area contributed by atoms with Gasteiger partial charge in [-0.1, -0.05) is 101 Å². The number of fused-ring (bicyclic) bond motifs is 1. The molecule has 2 aromatic rings. The topological polar surface area (TPSA) is 42.9 Å². The van der Waals surface area contributed by atoms with Gasteiger partial charge in [-0.3, -0.25) is 4.79 Å². The number of aryl methyl sites for hydroxylation is 2. The summed E-state index contributed by atoms with van der Waals surface area (Å²) in [5.74, 6) is 2.26. The molecule has 5 rings (SSSR count). The maximum atomic E-state index is 13.9. The minimum atomic E-state index is -0.0357. The van der Waals surface area contributed by atoms with E-state index in [9.17, 15) is 4.79 Å². The van der Waals surface area contributed by atoms with Crippen LogP contribution >= 0.6 is 0 Å². The molecular weight excluding hydrogens is 464 g/mol. The molecule has 1 aromatic heterocycles. The predicted molar refractivity (Wildman–Crippen MR) is 157 cm³/mol. The van der Waals surface area contributed by atoms with Crippen molar-refractivity contribution in [2.75, 3.05) is 0 Å². The first-order chi connectivity index (χ1) is 18.6. The number of carbonyl (C=O) groups excluding carboxylic acids is 1. The van der Waals surface area contributed by atoms with Crippen LogP contribution in [0.4, 0.5) is 0 Å². The highest BCUT2D eigenvalue weighted by atomic mass is 16.1. The van der Waals surface area contributed by atoms with Crippen LogP contribution in [0.2, 0.25) is 0 Å². The van der Waals surface area contributed by atoms with Crippen LogP contribution in [0.25, 0.3) is 6.08 Å². The normalized spacial score (nSPS) is 23.8. The molecule has 3 heteroatoms. The summed E-state index contributed by atoms with van der Waals surface area (Å²) < 4.78 is 0. The lowest BCUT2D eigenvalue weighted by Gasteiger charge is -2.33. The molecule has 38 heavy (non-hydrogen) atoms. The van der Waals surface area contributed by atoms with Crippen LogP contribution in [0, 0.1) is 23.2 Å². The molecule has 0 N–H and O–H groups in total. The van der Waals surface area contributed by atoms with Crippen molar-refractivity contribution in [2.45, 2.75) is 116 Å². The predicted octanol–water partition coefficient (Wildman–Crippen LogP) is 8.74. The smallest absolute Gasteiger partial charge is 0.141 e. The lowest BCUT2D eigenvalue weighted by Crippen LogP contribution is -2.34. The number of hydrogen-bond acceptors (Lipinski definition) is 3. The molecule has 0 radical (unpaired) electrons. The van der Waals surface area contributed by atoms with E-state index in [1.807, 2.05) is 0 Å². The standard InChI is InChI=1S/C35H48N2O/c1-27(34(38)35(21-7-8-22-35)23-11-18-28-12-3-2-4-13-28)24-29-14-9-16-30(17-10-15-29)25-33-31-19-5-6-20-32(31)36-26-37-33/h2-5,12-13,19,26-27,29-30H,6-11,14-18,20-25H2,1H3. The molecule has 204 valence electrons. The Hall–Kier alpha value is -2.29. The van der Waals surface area contributed by atoms with E-state index >= 15 is 0 Å². The second-order valence-corrected chi connectivity index (χ2v) is 12.7. The zero-order chi connectivity index (χ0) is 26.2. The fourth-order valence-electron chi connectivity index (χ4n) is 7.92. The number of aromatic nitrogens is 2. The van der Waals surface area contributed by atoms with Crippen LogP contribution in [0.15, 0.2) is 42.7 Å². The Bertz CT molecular complexity index is 1060. The van der Waals surface area contributed by atoms with E-state index in [-0.39, 0.29) is 11.3 Å². The molecule has 0 spiro atoms. The van der Waals surface area contributed by atoms with Crippen LogP contribution in [0.1, 0.15) is 119 Å². The largest absolute Gasteiger partial charge is 0.299 e. The Labute approximate surface area is 231 Å². The van der Waals surface area contributed by atoms with Crippen LogP contribution < -0.4 is 0 Å². The summed E-state index contributed by atoms with van der Waals surface area (Å²) in [6.07, 6.45) is 26.5. The molecular formula is C35H48N2O. The van der Waals surface area contributed by atoms with Gasteiger partial charge in [-0.05, 0) is 75.2 Å². The Morgan fingerprint density at radius 1 is 0.974 bits per heavy atom. The molecule has 3 nitrogen and oxygen atoms in total. The van der Waals surface area contributed by atoms with Gasteiger partial charge in [0, 0.05) is 16.9 Å². The van der Waals surface area contributed by atoms with Crippen molar-refractivity contribution in [3.8, 4) is 0 Å². The van der Waals surface area contributed by atoms with E-state index in [1.54, 1.807) is 6.33 Å². The molecule has 0 bridgehead atoms. The number of Topliss-reactive ketones (excluding diaryl/α,β-unsaturated/α-hetero) is 1. The number of benzene rings is 1. The van der Waals surface area contributed by atoms with E-state index in [4.69, 9.17) is 4.98 Å². The second kappa shape index (κ2) is 13.2. The highest BCUT2D eigenvalue weighted by molar-refractivity contribution is 5.87. The summed E-state index contributed by atoms with van der Waals surface area (Å²) in [6, 6.07) is 10.8. The average molecular weight is 513 g/mol. The summed E-state index contributed by atoms with van der Waals surface area (Å²) in [6.45, 7) is 2.26. The van der Waals surface area contributed by atoms with Gasteiger partial charge in [0.1, 0.15) is 12.1 Å². The van der Waals surface area contributed by atoms with Gasteiger partial charge in [-0.2, -0.15) is 0 Å². The van der Waals surface area contributed by atoms with Crippen molar-refractivity contribution in [3.05, 3.63) is 65.2 Å². The molecule has 2 saturated carbocycles. The fourth-order valence-corrected chi connectivity index (χ4v) is 7.92. The number of nitrogens with zero attached hydrogens (tertiary/aromatic N) is 2. The molecule has 3 aliphatic rings. The van der Waals surface area contributed by atoms with Gasteiger partial charge in [-0.15, -0.1) is 0 Å². The first-order valence-electron chi connectivity index (χ1n) is 15.7. The Balaban J connectivity index is 1.11. The minimum Gasteiger partial charge on any atom is -0.299 e. The number of hydrogen-bond donors (Lipinski definition) is 0. The Kier molecular flexibility index (Phi) is 9.46. The Morgan fingerprint density at radius 2 is 1.71 bits per heavy atom. The molecule has 0 saturated heterocycles. The van der Waals surface area contributed by atoms with Crippen LogP contribution in [0.3, 0.4) is 0 Å². The van der Waals surface area contributed by atoms with Crippen molar-refractivity contribution in [2.24, 2.45) is 23.2 Å². The Morgan fingerprint density at radius 3 is 2.47 bits per heavy atom. The van der Waals surface area contributed by atoms with E-state index in [2.05, 4.69) is 54.4 Å². The maximum absolute atomic E-state index is 13.9. The first kappa shape index (κ1) is 27.3. The number of ketones is 1. The third-order valence-corrected chi connectivity index (χ3v) is 9.99. The van der Waals surface area contributed by atoms with Crippen LogP contribution in [-0.2, 0) is 24.1 Å². The summed E-state index contributed by atoms with van der Waals surface area (Å²) in [5, 5.41) is 0. The second-order valence-electron chi connectivity index (χ2n) is 12.7. The van der Waals surface area contributed by atoms with Gasteiger partial charge in [0.25, 0.3) is 0 Å². The lowest BCUT2D eigenvalue weighted by atomic mass is 9.70. The third-order valence-electron chi connectivity index (χ3n) is 9.99. The molecule has 0 aliphatic heterocycles. The van der Waals surface area contributed by atoms with Crippen LogP contribution in [0.5, 0.6) is 0 Å². The lowest BCUT2D eigenvalue weighted by molar-refractivity contribution is -0.133. The van der Waals surface area contributed by atoms with Gasteiger partial charge < -0.3 is 0 Å². The highest BCUT2D eigenvalue weighted by Gasteiger charge is 2.42. The number of carbonyl (C=O) groups is 1. The fraction of sp³-hybridized carbons (Fsp3) is 0.629. The van der Waals surface area contributed by atoms with Gasteiger partial charge in [-0.25, -0.2) is 9.97 Å². The van der Waals surface area contributed by atoms with Crippen LogP contribution in [-0.4, -0.2) is 15.8 Å². The van der Waals surface area contributed by atoms with Gasteiger partial charge in [0.15, 0.2) is 0 Å². The maximum Gasteiger partial charge on any atom is 0.141 e. The van der Waals surface area contributed by atoms with Crippen molar-refractivity contribution in [1.29, 1.82) is 0 Å². The monoisotopic (exact) mass is 512 g/mol. The van der Waals surface area contributed by atoms with Crippen molar-refractivity contribution >= 4 is 11.9 Å². The molecule has 1 heterocycles. The summed E-state index contributed by atoms with van der Waals surface area (Å²) in [5.41, 5.74) is 5.18. The van der Waals surface area contributed by atoms with E-state index in [1.165, 1.54) is 73.9 Å². The van der Waals surface area contributed by atoms with E-state index in [0.29, 0.717) is 11.7 Å². The summed E-state index contributed by atoms with van der Waals surface area (Å²) >= 11 is 0. The zero-order valence-corrected chi connectivity index (χ0v) is 23.7. The molecule has 3 aliphatic carbocycles. The molecule has 1 unspecified atom stereocenters.